The smallest absolute Gasteiger partial charge is 0.128 e. The van der Waals surface area contributed by atoms with Gasteiger partial charge in [-0.1, -0.05) is 54.6 Å². The average Bonchev–Trinajstić information content (AvgIpc) is 3.27. The zero-order chi connectivity index (χ0) is 24.5. The molecule has 6 aromatic rings. The summed E-state index contributed by atoms with van der Waals surface area (Å²) in [5, 5.41) is 2.14. The van der Waals surface area contributed by atoms with E-state index in [-0.39, 0.29) is 0 Å². The van der Waals surface area contributed by atoms with Crippen LogP contribution in [0.1, 0.15) is 0 Å². The van der Waals surface area contributed by atoms with Gasteiger partial charge in [-0.2, -0.15) is 0 Å². The van der Waals surface area contributed by atoms with Crippen LogP contribution in [0, 0.1) is 0 Å². The van der Waals surface area contributed by atoms with E-state index in [1.165, 1.54) is 0 Å². The third-order valence-electron chi connectivity index (χ3n) is 6.45. The van der Waals surface area contributed by atoms with Gasteiger partial charge < -0.3 is 18.8 Å². The number of para-hydroxylation sites is 2. The van der Waals surface area contributed by atoms with Gasteiger partial charge in [0.1, 0.15) is 23.0 Å². The lowest BCUT2D eigenvalue weighted by Crippen LogP contribution is -1.93. The van der Waals surface area contributed by atoms with Crippen molar-refractivity contribution in [2.75, 3.05) is 14.2 Å². The number of nitrogens with zero attached hydrogens (tertiary/aromatic N) is 1. The van der Waals surface area contributed by atoms with Crippen LogP contribution in [0.15, 0.2) is 115 Å². The second-order valence-corrected chi connectivity index (χ2v) is 8.53. The van der Waals surface area contributed by atoms with E-state index in [2.05, 4.69) is 59.2 Å². The molecule has 0 aliphatic carbocycles. The summed E-state index contributed by atoms with van der Waals surface area (Å²) in [7, 11) is 3.40. The van der Waals surface area contributed by atoms with Crippen molar-refractivity contribution in [1.82, 2.24) is 4.57 Å². The third kappa shape index (κ3) is 3.73. The van der Waals surface area contributed by atoms with Gasteiger partial charge in [0, 0.05) is 16.6 Å². The van der Waals surface area contributed by atoms with E-state index in [1.807, 2.05) is 60.7 Å². The van der Waals surface area contributed by atoms with Crippen molar-refractivity contribution < 1.29 is 14.2 Å². The number of ether oxygens (including phenoxy) is 3. The van der Waals surface area contributed by atoms with Crippen molar-refractivity contribution in [2.45, 2.75) is 0 Å². The molecule has 1 aromatic heterocycles. The zero-order valence-electron chi connectivity index (χ0n) is 20.1. The Kier molecular flexibility index (Phi) is 5.55. The summed E-state index contributed by atoms with van der Waals surface area (Å²) in [5.41, 5.74) is 5.34. The lowest BCUT2D eigenvalue weighted by molar-refractivity contribution is 0.416. The highest BCUT2D eigenvalue weighted by atomic mass is 16.5. The molecule has 0 saturated carbocycles. The lowest BCUT2D eigenvalue weighted by atomic mass is 10.0. The van der Waals surface area contributed by atoms with Crippen LogP contribution in [-0.4, -0.2) is 18.8 Å². The van der Waals surface area contributed by atoms with Gasteiger partial charge in [0.05, 0.1) is 30.6 Å². The fourth-order valence-corrected chi connectivity index (χ4v) is 4.85. The number of aromatic nitrogens is 1. The number of methoxy groups -OCH3 is 2. The Bertz CT molecular complexity index is 1690. The molecule has 0 radical (unpaired) electrons. The SMILES string of the molecule is COc1ccccc1-c1cccc(Oc2ccc3c(c2)c2c(OC)cccc2n3-c2ccccc2)c1. The molecule has 5 aromatic carbocycles. The fourth-order valence-electron chi connectivity index (χ4n) is 4.85. The molecule has 0 saturated heterocycles. The summed E-state index contributed by atoms with van der Waals surface area (Å²) in [6.45, 7) is 0. The maximum atomic E-state index is 6.37. The average molecular weight is 472 g/mol. The van der Waals surface area contributed by atoms with Crippen molar-refractivity contribution in [3.63, 3.8) is 0 Å². The van der Waals surface area contributed by atoms with Crippen molar-refractivity contribution in [3.8, 4) is 39.8 Å². The molecule has 0 N–H and O–H groups in total. The number of rotatable bonds is 6. The van der Waals surface area contributed by atoms with Gasteiger partial charge in [0.2, 0.25) is 0 Å². The molecule has 0 atom stereocenters. The molecule has 36 heavy (non-hydrogen) atoms. The first-order valence-corrected chi connectivity index (χ1v) is 11.8. The highest BCUT2D eigenvalue weighted by Gasteiger charge is 2.16. The molecule has 0 aliphatic rings. The van der Waals surface area contributed by atoms with Gasteiger partial charge >= 0.3 is 0 Å². The van der Waals surface area contributed by atoms with Gasteiger partial charge in [0.25, 0.3) is 0 Å². The van der Waals surface area contributed by atoms with Gasteiger partial charge in [0.15, 0.2) is 0 Å². The minimum Gasteiger partial charge on any atom is -0.496 e. The van der Waals surface area contributed by atoms with E-state index in [9.17, 15) is 0 Å². The molecule has 0 unspecified atom stereocenters. The first-order chi connectivity index (χ1) is 17.8. The molecule has 0 spiro atoms. The number of hydrogen-bond acceptors (Lipinski definition) is 3. The molecule has 0 fully saturated rings. The predicted octanol–water partition coefficient (Wildman–Crippen LogP) is 8.26. The van der Waals surface area contributed by atoms with Crippen molar-refractivity contribution in [1.29, 1.82) is 0 Å². The number of fused-ring (bicyclic) bond motifs is 3. The highest BCUT2D eigenvalue weighted by Crippen LogP contribution is 2.40. The standard InChI is InChI=1S/C32H25NO3/c1-34-30-16-7-6-14-26(30)22-10-8-13-24(20-22)36-25-18-19-28-27(21-25)32-29(15-9-17-31(32)35-2)33(28)23-11-4-3-5-12-23/h3-21H,1-2H3. The monoisotopic (exact) mass is 471 g/mol. The molecule has 176 valence electrons. The Morgan fingerprint density at radius 3 is 2.11 bits per heavy atom. The Morgan fingerprint density at radius 1 is 0.556 bits per heavy atom. The maximum Gasteiger partial charge on any atom is 0.128 e. The third-order valence-corrected chi connectivity index (χ3v) is 6.45. The van der Waals surface area contributed by atoms with Crippen molar-refractivity contribution >= 4 is 21.8 Å². The molecule has 1 heterocycles. The van der Waals surface area contributed by atoms with Crippen LogP contribution < -0.4 is 14.2 Å². The second kappa shape index (κ2) is 9.16. The van der Waals surface area contributed by atoms with Crippen LogP contribution in [0.4, 0.5) is 0 Å². The van der Waals surface area contributed by atoms with E-state index in [0.717, 1.165) is 61.6 Å². The summed E-state index contributed by atoms with van der Waals surface area (Å²) in [5.74, 6) is 3.19. The Morgan fingerprint density at radius 2 is 1.28 bits per heavy atom. The minimum absolute atomic E-state index is 0.761. The summed E-state index contributed by atoms with van der Waals surface area (Å²) in [6, 6.07) is 38.8. The summed E-state index contributed by atoms with van der Waals surface area (Å²) in [4.78, 5) is 0. The predicted molar refractivity (Wildman–Crippen MR) is 146 cm³/mol. The van der Waals surface area contributed by atoms with Gasteiger partial charge in [-0.05, 0) is 66.2 Å². The van der Waals surface area contributed by atoms with Crippen LogP contribution in [-0.2, 0) is 0 Å². The molecule has 0 bridgehead atoms. The summed E-state index contributed by atoms with van der Waals surface area (Å²) in [6.07, 6.45) is 0. The summed E-state index contributed by atoms with van der Waals surface area (Å²) >= 11 is 0. The summed E-state index contributed by atoms with van der Waals surface area (Å²) < 4.78 is 19.9. The van der Waals surface area contributed by atoms with Crippen LogP contribution >= 0.6 is 0 Å². The van der Waals surface area contributed by atoms with E-state index in [0.29, 0.717) is 0 Å². The van der Waals surface area contributed by atoms with Crippen LogP contribution in [0.2, 0.25) is 0 Å². The van der Waals surface area contributed by atoms with Gasteiger partial charge in [-0.3, -0.25) is 0 Å². The molecule has 4 nitrogen and oxygen atoms in total. The minimum atomic E-state index is 0.761. The Labute approximate surface area is 209 Å². The van der Waals surface area contributed by atoms with E-state index >= 15 is 0 Å². The van der Waals surface area contributed by atoms with Crippen LogP contribution in [0.3, 0.4) is 0 Å². The normalized spacial score (nSPS) is 11.1. The number of hydrogen-bond donors (Lipinski definition) is 0. The fraction of sp³-hybridized carbons (Fsp3) is 0.0625. The second-order valence-electron chi connectivity index (χ2n) is 8.53. The first kappa shape index (κ1) is 21.8. The molecule has 4 heteroatoms. The Hall–Kier alpha value is -4.70. The van der Waals surface area contributed by atoms with Crippen molar-refractivity contribution in [2.24, 2.45) is 0 Å². The Balaban J connectivity index is 1.46. The van der Waals surface area contributed by atoms with Crippen molar-refractivity contribution in [3.05, 3.63) is 115 Å². The first-order valence-electron chi connectivity index (χ1n) is 11.8. The molecule has 0 aliphatic heterocycles. The largest absolute Gasteiger partial charge is 0.496 e. The maximum absolute atomic E-state index is 6.37. The zero-order valence-corrected chi connectivity index (χ0v) is 20.1. The lowest BCUT2D eigenvalue weighted by Gasteiger charge is -2.11. The van der Waals surface area contributed by atoms with E-state index < -0.39 is 0 Å². The molecular weight excluding hydrogens is 446 g/mol. The number of benzene rings is 5. The quantitative estimate of drug-likeness (QED) is 0.245. The van der Waals surface area contributed by atoms with Crippen LogP contribution in [0.25, 0.3) is 38.6 Å². The van der Waals surface area contributed by atoms with Gasteiger partial charge in [-0.15, -0.1) is 0 Å². The van der Waals surface area contributed by atoms with E-state index in [1.54, 1.807) is 14.2 Å². The topological polar surface area (TPSA) is 32.6 Å². The molecule has 0 amide bonds. The molecular formula is C32H25NO3. The highest BCUT2D eigenvalue weighted by molar-refractivity contribution is 6.12. The molecule has 6 rings (SSSR count). The van der Waals surface area contributed by atoms with E-state index in [4.69, 9.17) is 14.2 Å². The van der Waals surface area contributed by atoms with Crippen LogP contribution in [0.5, 0.6) is 23.0 Å². The van der Waals surface area contributed by atoms with Gasteiger partial charge in [-0.25, -0.2) is 0 Å².